The molecule has 1 heterocycles. The van der Waals surface area contributed by atoms with Crippen LogP contribution in [0.25, 0.3) is 0 Å². The molecular formula is C15H23NO. The van der Waals surface area contributed by atoms with Gasteiger partial charge in [-0.15, -0.1) is 0 Å². The highest BCUT2D eigenvalue weighted by Gasteiger charge is 2.13. The average molecular weight is 233 g/mol. The Hall–Kier alpha value is -0.860. The fourth-order valence-corrected chi connectivity index (χ4v) is 2.35. The van der Waals surface area contributed by atoms with Crippen molar-refractivity contribution in [3.63, 3.8) is 0 Å². The Kier molecular flexibility index (Phi) is 5.02. The van der Waals surface area contributed by atoms with Crippen molar-refractivity contribution >= 4 is 0 Å². The fraction of sp³-hybridized carbons (Fsp3) is 0.600. The summed E-state index contributed by atoms with van der Waals surface area (Å²) < 4.78 is 5.37. The summed E-state index contributed by atoms with van der Waals surface area (Å²) >= 11 is 0. The second-order valence-corrected chi connectivity index (χ2v) is 5.03. The quantitative estimate of drug-likeness (QED) is 0.844. The van der Waals surface area contributed by atoms with Gasteiger partial charge in [-0.2, -0.15) is 0 Å². The van der Waals surface area contributed by atoms with E-state index in [1.165, 1.54) is 18.4 Å². The van der Waals surface area contributed by atoms with Crippen molar-refractivity contribution in [1.29, 1.82) is 0 Å². The van der Waals surface area contributed by atoms with Gasteiger partial charge in [-0.25, -0.2) is 0 Å². The molecule has 1 atom stereocenters. The molecule has 0 spiro atoms. The van der Waals surface area contributed by atoms with E-state index in [2.05, 4.69) is 42.6 Å². The minimum atomic E-state index is 0.594. The van der Waals surface area contributed by atoms with Gasteiger partial charge < -0.3 is 10.1 Å². The van der Waals surface area contributed by atoms with Crippen LogP contribution >= 0.6 is 0 Å². The molecule has 0 amide bonds. The smallest absolute Gasteiger partial charge is 0.0469 e. The molecule has 0 bridgehead atoms. The first-order valence-electron chi connectivity index (χ1n) is 6.69. The summed E-state index contributed by atoms with van der Waals surface area (Å²) in [6.45, 7) is 6.38. The maximum Gasteiger partial charge on any atom is 0.0469 e. The summed E-state index contributed by atoms with van der Waals surface area (Å²) in [6, 6.07) is 10.7. The first-order chi connectivity index (χ1) is 8.36. The molecule has 0 aliphatic carbocycles. The molecule has 1 aliphatic rings. The Morgan fingerprint density at radius 3 is 2.65 bits per heavy atom. The molecule has 17 heavy (non-hydrogen) atoms. The largest absolute Gasteiger partial charge is 0.381 e. The molecule has 1 fully saturated rings. The number of rotatable bonds is 5. The van der Waals surface area contributed by atoms with E-state index in [4.69, 9.17) is 4.74 Å². The molecule has 0 radical (unpaired) electrons. The summed E-state index contributed by atoms with van der Waals surface area (Å²) in [6.07, 6.45) is 2.43. The van der Waals surface area contributed by atoms with Crippen LogP contribution in [0.5, 0.6) is 0 Å². The van der Waals surface area contributed by atoms with Crippen LogP contribution in [0.15, 0.2) is 30.3 Å². The molecule has 1 N–H and O–H groups in total. The van der Waals surface area contributed by atoms with E-state index in [0.29, 0.717) is 5.92 Å². The molecule has 2 nitrogen and oxygen atoms in total. The molecule has 0 aromatic heterocycles. The van der Waals surface area contributed by atoms with Crippen molar-refractivity contribution in [1.82, 2.24) is 5.32 Å². The SMILES string of the molecule is CC(CNCC1CCOCC1)c1ccccc1. The third-order valence-corrected chi connectivity index (χ3v) is 3.59. The number of nitrogens with one attached hydrogen (secondary N) is 1. The third kappa shape index (κ3) is 4.14. The molecule has 1 aromatic rings. The highest BCUT2D eigenvalue weighted by Crippen LogP contribution is 2.15. The van der Waals surface area contributed by atoms with E-state index >= 15 is 0 Å². The molecule has 2 rings (SSSR count). The van der Waals surface area contributed by atoms with Crippen molar-refractivity contribution in [2.75, 3.05) is 26.3 Å². The van der Waals surface area contributed by atoms with Crippen LogP contribution in [0.2, 0.25) is 0 Å². The fourth-order valence-electron chi connectivity index (χ4n) is 2.35. The predicted octanol–water partition coefficient (Wildman–Crippen LogP) is 2.81. The number of hydrogen-bond donors (Lipinski definition) is 1. The Bertz CT molecular complexity index is 306. The molecule has 0 saturated carbocycles. The topological polar surface area (TPSA) is 21.3 Å². The van der Waals surface area contributed by atoms with Gasteiger partial charge in [-0.1, -0.05) is 37.3 Å². The van der Waals surface area contributed by atoms with Gasteiger partial charge in [0.2, 0.25) is 0 Å². The van der Waals surface area contributed by atoms with Crippen molar-refractivity contribution in [3.05, 3.63) is 35.9 Å². The Labute approximate surface area is 104 Å². The zero-order valence-corrected chi connectivity index (χ0v) is 10.7. The first kappa shape index (κ1) is 12.6. The van der Waals surface area contributed by atoms with Crippen molar-refractivity contribution < 1.29 is 4.74 Å². The summed E-state index contributed by atoms with van der Waals surface area (Å²) in [5, 5.41) is 3.60. The molecule has 2 heteroatoms. The highest BCUT2D eigenvalue weighted by atomic mass is 16.5. The van der Waals surface area contributed by atoms with E-state index in [0.717, 1.165) is 32.2 Å². The Balaban J connectivity index is 1.67. The minimum Gasteiger partial charge on any atom is -0.381 e. The van der Waals surface area contributed by atoms with Gasteiger partial charge in [-0.3, -0.25) is 0 Å². The van der Waals surface area contributed by atoms with Gasteiger partial charge in [0.05, 0.1) is 0 Å². The standard InChI is InChI=1S/C15H23NO/c1-13(15-5-3-2-4-6-15)11-16-12-14-7-9-17-10-8-14/h2-6,13-14,16H,7-12H2,1H3. The molecule has 94 valence electrons. The normalized spacial score (nSPS) is 19.1. The summed E-state index contributed by atoms with van der Waals surface area (Å²) in [5.41, 5.74) is 1.42. The van der Waals surface area contributed by atoms with Gasteiger partial charge in [0.1, 0.15) is 0 Å². The summed E-state index contributed by atoms with van der Waals surface area (Å²) in [7, 11) is 0. The lowest BCUT2D eigenvalue weighted by Crippen LogP contribution is -2.30. The number of benzene rings is 1. The van der Waals surface area contributed by atoms with E-state index < -0.39 is 0 Å². The van der Waals surface area contributed by atoms with Crippen LogP contribution in [0.4, 0.5) is 0 Å². The molecule has 1 aliphatic heterocycles. The van der Waals surface area contributed by atoms with Gasteiger partial charge in [0.25, 0.3) is 0 Å². The lowest BCUT2D eigenvalue weighted by Gasteiger charge is -2.23. The van der Waals surface area contributed by atoms with E-state index in [1.54, 1.807) is 0 Å². The monoisotopic (exact) mass is 233 g/mol. The summed E-state index contributed by atoms with van der Waals surface area (Å²) in [4.78, 5) is 0. The summed E-state index contributed by atoms with van der Waals surface area (Å²) in [5.74, 6) is 1.41. The zero-order valence-electron chi connectivity index (χ0n) is 10.7. The zero-order chi connectivity index (χ0) is 11.9. The molecule has 1 saturated heterocycles. The van der Waals surface area contributed by atoms with Crippen LogP contribution in [0, 0.1) is 5.92 Å². The lowest BCUT2D eigenvalue weighted by molar-refractivity contribution is 0.0663. The minimum absolute atomic E-state index is 0.594. The van der Waals surface area contributed by atoms with Gasteiger partial charge >= 0.3 is 0 Å². The predicted molar refractivity (Wildman–Crippen MR) is 71.3 cm³/mol. The Morgan fingerprint density at radius 1 is 1.24 bits per heavy atom. The van der Waals surface area contributed by atoms with Gasteiger partial charge in [-0.05, 0) is 36.8 Å². The van der Waals surface area contributed by atoms with Crippen molar-refractivity contribution in [3.8, 4) is 0 Å². The maximum absolute atomic E-state index is 5.37. The molecular weight excluding hydrogens is 210 g/mol. The molecule has 1 unspecified atom stereocenters. The lowest BCUT2D eigenvalue weighted by atomic mass is 9.98. The highest BCUT2D eigenvalue weighted by molar-refractivity contribution is 5.18. The van der Waals surface area contributed by atoms with E-state index in [9.17, 15) is 0 Å². The van der Waals surface area contributed by atoms with Crippen molar-refractivity contribution in [2.24, 2.45) is 5.92 Å². The average Bonchev–Trinajstić information content (AvgIpc) is 2.41. The van der Waals surface area contributed by atoms with Crippen LogP contribution < -0.4 is 5.32 Å². The van der Waals surface area contributed by atoms with Crippen molar-refractivity contribution in [2.45, 2.75) is 25.7 Å². The number of ether oxygens (including phenoxy) is 1. The van der Waals surface area contributed by atoms with E-state index in [1.807, 2.05) is 0 Å². The van der Waals surface area contributed by atoms with Gasteiger partial charge in [0, 0.05) is 19.8 Å². The van der Waals surface area contributed by atoms with E-state index in [-0.39, 0.29) is 0 Å². The van der Waals surface area contributed by atoms with Crippen LogP contribution in [0.3, 0.4) is 0 Å². The van der Waals surface area contributed by atoms with Crippen LogP contribution in [-0.4, -0.2) is 26.3 Å². The second-order valence-electron chi connectivity index (χ2n) is 5.03. The first-order valence-corrected chi connectivity index (χ1v) is 6.69. The third-order valence-electron chi connectivity index (χ3n) is 3.59. The Morgan fingerprint density at radius 2 is 1.94 bits per heavy atom. The van der Waals surface area contributed by atoms with Crippen LogP contribution in [0.1, 0.15) is 31.2 Å². The number of hydrogen-bond acceptors (Lipinski definition) is 2. The van der Waals surface area contributed by atoms with Crippen LogP contribution in [-0.2, 0) is 4.74 Å². The molecule has 1 aromatic carbocycles. The maximum atomic E-state index is 5.37. The second kappa shape index (κ2) is 6.77. The van der Waals surface area contributed by atoms with Gasteiger partial charge in [0.15, 0.2) is 0 Å².